The Hall–Kier alpha value is -2.42. The zero-order valence-corrected chi connectivity index (χ0v) is 16.8. The first-order valence-corrected chi connectivity index (χ1v) is 10.4. The van der Waals surface area contributed by atoms with Crippen LogP contribution in [0, 0.1) is 0 Å². The third kappa shape index (κ3) is 9.74. The molecule has 1 atom stereocenters. The van der Waals surface area contributed by atoms with Gasteiger partial charge in [-0.25, -0.2) is 13.2 Å². The van der Waals surface area contributed by atoms with Crippen LogP contribution < -0.4 is 10.6 Å². The normalized spacial score (nSPS) is 12.7. The number of hydrogen-bond acceptors (Lipinski definition) is 6. The van der Waals surface area contributed by atoms with Crippen molar-refractivity contribution in [2.75, 3.05) is 18.6 Å². The molecule has 0 spiro atoms. The minimum atomic E-state index is -3.35. The van der Waals surface area contributed by atoms with Crippen LogP contribution in [-0.4, -0.2) is 56.4 Å². The van der Waals surface area contributed by atoms with E-state index >= 15 is 0 Å². The first-order chi connectivity index (χ1) is 12.4. The number of carbonyl (C=O) groups excluding carboxylic acids is 3. The number of amides is 2. The Bertz CT molecular complexity index is 769. The predicted molar refractivity (Wildman–Crippen MR) is 101 cm³/mol. The van der Waals surface area contributed by atoms with E-state index in [-0.39, 0.29) is 12.2 Å². The summed E-state index contributed by atoms with van der Waals surface area (Å²) in [6.45, 7) is 4.82. The molecule has 0 bridgehead atoms. The van der Waals surface area contributed by atoms with Gasteiger partial charge in [0, 0.05) is 17.4 Å². The number of esters is 1. The molecule has 0 aliphatic heterocycles. The van der Waals surface area contributed by atoms with Gasteiger partial charge >= 0.3 is 5.97 Å². The van der Waals surface area contributed by atoms with Crippen LogP contribution in [0.15, 0.2) is 30.3 Å². The van der Waals surface area contributed by atoms with Crippen molar-refractivity contribution in [1.29, 1.82) is 0 Å². The van der Waals surface area contributed by atoms with Crippen LogP contribution in [0.4, 0.5) is 0 Å². The van der Waals surface area contributed by atoms with Gasteiger partial charge in [-0.1, -0.05) is 18.2 Å². The monoisotopic (exact) mass is 398 g/mol. The first-order valence-electron chi connectivity index (χ1n) is 8.39. The number of ether oxygens (including phenoxy) is 1. The molecule has 0 aliphatic rings. The lowest BCUT2D eigenvalue weighted by atomic mass is 10.1. The van der Waals surface area contributed by atoms with Gasteiger partial charge in [0.05, 0.1) is 5.75 Å². The van der Waals surface area contributed by atoms with Crippen LogP contribution >= 0.6 is 0 Å². The van der Waals surface area contributed by atoms with E-state index in [2.05, 4.69) is 10.6 Å². The number of benzene rings is 1. The van der Waals surface area contributed by atoms with E-state index in [1.165, 1.54) is 0 Å². The van der Waals surface area contributed by atoms with E-state index in [0.717, 1.165) is 6.26 Å². The summed E-state index contributed by atoms with van der Waals surface area (Å²) in [5.41, 5.74) is -0.166. The summed E-state index contributed by atoms with van der Waals surface area (Å²) in [6, 6.07) is 7.00. The summed E-state index contributed by atoms with van der Waals surface area (Å²) in [5, 5.41) is 5.10. The molecule has 0 heterocycles. The highest BCUT2D eigenvalue weighted by atomic mass is 32.2. The number of nitrogens with one attached hydrogen (secondary N) is 2. The van der Waals surface area contributed by atoms with E-state index in [4.69, 9.17) is 4.74 Å². The van der Waals surface area contributed by atoms with Crippen molar-refractivity contribution in [3.05, 3.63) is 35.9 Å². The Morgan fingerprint density at radius 3 is 2.22 bits per heavy atom. The van der Waals surface area contributed by atoms with Gasteiger partial charge in [0.25, 0.3) is 11.8 Å². The number of carbonyl (C=O) groups is 3. The Labute approximate surface area is 159 Å². The molecule has 9 heteroatoms. The van der Waals surface area contributed by atoms with Crippen LogP contribution in [-0.2, 0) is 24.2 Å². The molecule has 0 saturated heterocycles. The zero-order valence-electron chi connectivity index (χ0n) is 15.9. The molecule has 1 aromatic carbocycles. The second kappa shape index (κ2) is 9.50. The fraction of sp³-hybridized carbons (Fsp3) is 0.500. The van der Waals surface area contributed by atoms with Crippen molar-refractivity contribution < 1.29 is 27.5 Å². The second-order valence-electron chi connectivity index (χ2n) is 7.22. The largest absolute Gasteiger partial charge is 0.454 e. The van der Waals surface area contributed by atoms with Gasteiger partial charge in [0.1, 0.15) is 15.9 Å². The smallest absolute Gasteiger partial charge is 0.329 e. The molecule has 150 valence electrons. The highest BCUT2D eigenvalue weighted by Gasteiger charge is 2.25. The van der Waals surface area contributed by atoms with E-state index in [0.29, 0.717) is 5.56 Å². The van der Waals surface area contributed by atoms with Crippen LogP contribution in [0.2, 0.25) is 0 Å². The molecular formula is C18H26N2O6S. The van der Waals surface area contributed by atoms with Gasteiger partial charge in [0.2, 0.25) is 0 Å². The lowest BCUT2D eigenvalue weighted by molar-refractivity contribution is -0.150. The number of hydrogen-bond donors (Lipinski definition) is 2. The van der Waals surface area contributed by atoms with Crippen molar-refractivity contribution in [2.24, 2.45) is 0 Å². The summed E-state index contributed by atoms with van der Waals surface area (Å²) in [5.74, 6) is -2.21. The summed E-state index contributed by atoms with van der Waals surface area (Å²) in [6.07, 6.45) is 0.877. The lowest BCUT2D eigenvalue weighted by Crippen LogP contribution is -2.46. The molecule has 1 rings (SSSR count). The van der Waals surface area contributed by atoms with Crippen molar-refractivity contribution in [2.45, 2.75) is 38.8 Å². The van der Waals surface area contributed by atoms with Crippen LogP contribution in [0.5, 0.6) is 0 Å². The zero-order chi connectivity index (χ0) is 20.7. The molecule has 2 N–H and O–H groups in total. The number of rotatable bonds is 8. The molecule has 8 nitrogen and oxygen atoms in total. The molecule has 0 saturated carbocycles. The van der Waals surface area contributed by atoms with Crippen LogP contribution in [0.1, 0.15) is 37.6 Å². The van der Waals surface area contributed by atoms with Crippen LogP contribution in [0.3, 0.4) is 0 Å². The lowest BCUT2D eigenvalue weighted by Gasteiger charge is -2.21. The predicted octanol–water partition coefficient (Wildman–Crippen LogP) is 0.678. The summed E-state index contributed by atoms with van der Waals surface area (Å²) in [4.78, 5) is 36.3. The summed E-state index contributed by atoms with van der Waals surface area (Å²) >= 11 is 0. The highest BCUT2D eigenvalue weighted by Crippen LogP contribution is 2.04. The topological polar surface area (TPSA) is 119 Å². The van der Waals surface area contributed by atoms with Gasteiger partial charge in [0.15, 0.2) is 6.61 Å². The SMILES string of the molecule is CC(C)(C)NC(=O)COC(=O)[C@H](CCS(C)(=O)=O)NC(=O)c1ccccc1. The maximum absolute atomic E-state index is 12.3. The Morgan fingerprint density at radius 2 is 1.70 bits per heavy atom. The van der Waals surface area contributed by atoms with E-state index < -0.39 is 45.8 Å². The molecule has 0 aliphatic carbocycles. The third-order valence-electron chi connectivity index (χ3n) is 3.26. The standard InChI is InChI=1S/C18H26N2O6S/c1-18(2,3)20-15(21)12-26-17(23)14(10-11-27(4,24)25)19-16(22)13-8-6-5-7-9-13/h5-9,14H,10-12H2,1-4H3,(H,19,22)(H,20,21)/t14-/m0/s1. The molecule has 0 unspecified atom stereocenters. The fourth-order valence-corrected chi connectivity index (χ4v) is 2.77. The second-order valence-corrected chi connectivity index (χ2v) is 9.48. The Balaban J connectivity index is 2.76. The molecule has 0 fully saturated rings. The fourth-order valence-electron chi connectivity index (χ4n) is 2.10. The van der Waals surface area contributed by atoms with Gasteiger partial charge in [-0.05, 0) is 39.3 Å². The quantitative estimate of drug-likeness (QED) is 0.622. The van der Waals surface area contributed by atoms with Crippen molar-refractivity contribution in [1.82, 2.24) is 10.6 Å². The van der Waals surface area contributed by atoms with E-state index in [1.54, 1.807) is 51.1 Å². The minimum Gasteiger partial charge on any atom is -0.454 e. The average Bonchev–Trinajstić information content (AvgIpc) is 2.54. The van der Waals surface area contributed by atoms with Gasteiger partial charge < -0.3 is 15.4 Å². The van der Waals surface area contributed by atoms with E-state index in [1.807, 2.05) is 0 Å². The molecule has 1 aromatic rings. The maximum Gasteiger partial charge on any atom is 0.329 e. The summed E-state index contributed by atoms with van der Waals surface area (Å²) in [7, 11) is -3.35. The third-order valence-corrected chi connectivity index (χ3v) is 4.24. The number of sulfone groups is 1. The summed E-state index contributed by atoms with van der Waals surface area (Å²) < 4.78 is 27.8. The van der Waals surface area contributed by atoms with Gasteiger partial charge in [-0.15, -0.1) is 0 Å². The molecular weight excluding hydrogens is 372 g/mol. The Morgan fingerprint density at radius 1 is 1.11 bits per heavy atom. The minimum absolute atomic E-state index is 0.156. The molecule has 0 radical (unpaired) electrons. The molecule has 2 amide bonds. The first kappa shape index (κ1) is 22.6. The van der Waals surface area contributed by atoms with Crippen molar-refractivity contribution in [3.63, 3.8) is 0 Å². The highest BCUT2D eigenvalue weighted by molar-refractivity contribution is 7.90. The van der Waals surface area contributed by atoms with Gasteiger partial charge in [-0.3, -0.25) is 9.59 Å². The Kier molecular flexibility index (Phi) is 7.96. The molecule has 27 heavy (non-hydrogen) atoms. The van der Waals surface area contributed by atoms with Crippen molar-refractivity contribution >= 4 is 27.6 Å². The van der Waals surface area contributed by atoms with Gasteiger partial charge in [-0.2, -0.15) is 0 Å². The molecule has 0 aromatic heterocycles. The van der Waals surface area contributed by atoms with Crippen LogP contribution in [0.25, 0.3) is 0 Å². The van der Waals surface area contributed by atoms with E-state index in [9.17, 15) is 22.8 Å². The average molecular weight is 398 g/mol. The van der Waals surface area contributed by atoms with Crippen molar-refractivity contribution in [3.8, 4) is 0 Å². The maximum atomic E-state index is 12.3.